The lowest BCUT2D eigenvalue weighted by Crippen LogP contribution is -2.30. The molecule has 0 fully saturated rings. The van der Waals surface area contributed by atoms with E-state index >= 15 is 0 Å². The first-order valence-corrected chi connectivity index (χ1v) is 6.32. The van der Waals surface area contributed by atoms with Crippen molar-refractivity contribution in [2.75, 3.05) is 6.54 Å². The number of phenols is 2. The van der Waals surface area contributed by atoms with Gasteiger partial charge in [0.25, 0.3) is 5.91 Å². The van der Waals surface area contributed by atoms with Gasteiger partial charge in [-0.2, -0.15) is 0 Å². The van der Waals surface area contributed by atoms with Gasteiger partial charge >= 0.3 is 0 Å². The average Bonchev–Trinajstić information content (AvgIpc) is 2.47. The maximum absolute atomic E-state index is 12.4. The van der Waals surface area contributed by atoms with Crippen molar-refractivity contribution < 1.29 is 15.0 Å². The van der Waals surface area contributed by atoms with E-state index in [2.05, 4.69) is 4.98 Å². The summed E-state index contributed by atoms with van der Waals surface area (Å²) in [6.45, 7) is 2.78. The zero-order valence-corrected chi connectivity index (χ0v) is 11.2. The molecule has 5 heteroatoms. The number of hydrogen-bond acceptors (Lipinski definition) is 4. The first-order valence-electron chi connectivity index (χ1n) is 6.32. The van der Waals surface area contributed by atoms with Gasteiger partial charge in [0.2, 0.25) is 0 Å². The summed E-state index contributed by atoms with van der Waals surface area (Å²) in [6, 6.07) is 7.58. The fraction of sp³-hybridized carbons (Fsp3) is 0.200. The Morgan fingerprint density at radius 3 is 2.55 bits per heavy atom. The predicted molar refractivity (Wildman–Crippen MR) is 74.4 cm³/mol. The summed E-state index contributed by atoms with van der Waals surface area (Å²) in [5, 5.41) is 19.2. The average molecular weight is 272 g/mol. The number of hydrogen-bond donors (Lipinski definition) is 2. The van der Waals surface area contributed by atoms with Gasteiger partial charge in [-0.15, -0.1) is 0 Å². The fourth-order valence-corrected chi connectivity index (χ4v) is 1.90. The second-order valence-electron chi connectivity index (χ2n) is 4.38. The Morgan fingerprint density at radius 2 is 1.90 bits per heavy atom. The second-order valence-corrected chi connectivity index (χ2v) is 4.38. The van der Waals surface area contributed by atoms with Crippen LogP contribution in [0.5, 0.6) is 11.5 Å². The first-order chi connectivity index (χ1) is 9.61. The molecule has 1 amide bonds. The quantitative estimate of drug-likeness (QED) is 0.836. The molecule has 104 valence electrons. The first kappa shape index (κ1) is 13.9. The summed E-state index contributed by atoms with van der Waals surface area (Å²) in [5.74, 6) is -0.509. The largest absolute Gasteiger partial charge is 0.508 e. The van der Waals surface area contributed by atoms with Crippen LogP contribution in [0.25, 0.3) is 0 Å². The van der Waals surface area contributed by atoms with Crippen molar-refractivity contribution in [2.24, 2.45) is 0 Å². The third-order valence-corrected chi connectivity index (χ3v) is 3.00. The number of amides is 1. The van der Waals surface area contributed by atoms with Crippen molar-refractivity contribution in [1.29, 1.82) is 0 Å². The van der Waals surface area contributed by atoms with Gasteiger partial charge < -0.3 is 15.1 Å². The normalized spacial score (nSPS) is 10.2. The highest BCUT2D eigenvalue weighted by molar-refractivity contribution is 5.97. The van der Waals surface area contributed by atoms with Crippen LogP contribution in [-0.4, -0.2) is 32.5 Å². The molecule has 2 rings (SSSR count). The lowest BCUT2D eigenvalue weighted by atomic mass is 10.1. The zero-order chi connectivity index (χ0) is 14.5. The van der Waals surface area contributed by atoms with Crippen molar-refractivity contribution in [1.82, 2.24) is 9.88 Å². The van der Waals surface area contributed by atoms with E-state index in [1.807, 2.05) is 19.1 Å². The second kappa shape index (κ2) is 6.06. The summed E-state index contributed by atoms with van der Waals surface area (Å²) >= 11 is 0. The van der Waals surface area contributed by atoms with Crippen LogP contribution < -0.4 is 0 Å². The van der Waals surface area contributed by atoms with E-state index < -0.39 is 0 Å². The molecule has 1 aromatic carbocycles. The third kappa shape index (κ3) is 3.06. The van der Waals surface area contributed by atoms with E-state index in [1.165, 1.54) is 18.2 Å². The van der Waals surface area contributed by atoms with Crippen LogP contribution in [0.2, 0.25) is 0 Å². The number of benzene rings is 1. The maximum atomic E-state index is 12.4. The Morgan fingerprint density at radius 1 is 1.20 bits per heavy atom. The molecular weight excluding hydrogens is 256 g/mol. The summed E-state index contributed by atoms with van der Waals surface area (Å²) in [6.07, 6.45) is 3.33. The summed E-state index contributed by atoms with van der Waals surface area (Å²) in [5.41, 5.74) is 1.05. The number of phenolic OH excluding ortho intramolecular Hbond substituents is 2. The van der Waals surface area contributed by atoms with Crippen LogP contribution in [0.4, 0.5) is 0 Å². The van der Waals surface area contributed by atoms with E-state index in [0.717, 1.165) is 5.56 Å². The lowest BCUT2D eigenvalue weighted by Gasteiger charge is -2.21. The molecule has 1 aromatic heterocycles. The molecule has 2 aromatic rings. The molecule has 1 heterocycles. The van der Waals surface area contributed by atoms with Crippen molar-refractivity contribution >= 4 is 5.91 Å². The summed E-state index contributed by atoms with van der Waals surface area (Å²) < 4.78 is 0. The van der Waals surface area contributed by atoms with Crippen molar-refractivity contribution in [3.63, 3.8) is 0 Å². The zero-order valence-electron chi connectivity index (χ0n) is 11.2. The fourth-order valence-electron chi connectivity index (χ4n) is 1.90. The molecular formula is C15H16N2O3. The summed E-state index contributed by atoms with van der Waals surface area (Å²) in [4.78, 5) is 17.9. The van der Waals surface area contributed by atoms with Crippen molar-refractivity contribution in [3.8, 4) is 11.5 Å². The molecule has 5 nitrogen and oxygen atoms in total. The molecule has 0 atom stereocenters. The Kier molecular flexibility index (Phi) is 4.20. The van der Waals surface area contributed by atoms with Crippen LogP contribution in [0, 0.1) is 0 Å². The standard InChI is InChI=1S/C15H16N2O3/c1-2-17(10-11-5-7-16-8-6-11)15(20)13-9-12(18)3-4-14(13)19/h3-9,18-19H,2,10H2,1H3. The van der Waals surface area contributed by atoms with Gasteiger partial charge in [0, 0.05) is 25.5 Å². The number of aromatic hydroxyl groups is 2. The SMILES string of the molecule is CCN(Cc1ccncc1)C(=O)c1cc(O)ccc1O. The Balaban J connectivity index is 2.23. The van der Waals surface area contributed by atoms with Crippen LogP contribution >= 0.6 is 0 Å². The topological polar surface area (TPSA) is 73.7 Å². The maximum Gasteiger partial charge on any atom is 0.258 e. The Labute approximate surface area is 117 Å². The van der Waals surface area contributed by atoms with Gasteiger partial charge in [-0.25, -0.2) is 0 Å². The van der Waals surface area contributed by atoms with Crippen LogP contribution in [0.1, 0.15) is 22.8 Å². The number of carbonyl (C=O) groups is 1. The minimum absolute atomic E-state index is 0.0499. The van der Waals surface area contributed by atoms with Crippen LogP contribution in [0.3, 0.4) is 0 Å². The van der Waals surface area contributed by atoms with E-state index in [0.29, 0.717) is 13.1 Å². The highest BCUT2D eigenvalue weighted by atomic mass is 16.3. The number of pyridine rings is 1. The number of nitrogens with zero attached hydrogens (tertiary/aromatic N) is 2. The molecule has 0 saturated heterocycles. The van der Waals surface area contributed by atoms with Gasteiger partial charge in [-0.3, -0.25) is 9.78 Å². The molecule has 2 N–H and O–H groups in total. The van der Waals surface area contributed by atoms with Gasteiger partial charge in [-0.05, 0) is 42.8 Å². The number of aromatic nitrogens is 1. The molecule has 0 bridgehead atoms. The molecule has 0 saturated carbocycles. The minimum atomic E-state index is -0.322. The Bertz CT molecular complexity index is 599. The smallest absolute Gasteiger partial charge is 0.258 e. The molecule has 0 aliphatic rings. The number of carbonyl (C=O) groups excluding carboxylic acids is 1. The van der Waals surface area contributed by atoms with Crippen LogP contribution in [0.15, 0.2) is 42.7 Å². The molecule has 0 spiro atoms. The Hall–Kier alpha value is -2.56. The highest BCUT2D eigenvalue weighted by Crippen LogP contribution is 2.24. The van der Waals surface area contributed by atoms with E-state index in [9.17, 15) is 15.0 Å². The van der Waals surface area contributed by atoms with Gasteiger partial charge in [0.05, 0.1) is 5.56 Å². The van der Waals surface area contributed by atoms with Crippen LogP contribution in [-0.2, 0) is 6.54 Å². The van der Waals surface area contributed by atoms with E-state index in [4.69, 9.17) is 0 Å². The monoisotopic (exact) mass is 272 g/mol. The van der Waals surface area contributed by atoms with E-state index in [-0.39, 0.29) is 23.0 Å². The van der Waals surface area contributed by atoms with Gasteiger partial charge in [-0.1, -0.05) is 0 Å². The summed E-state index contributed by atoms with van der Waals surface area (Å²) in [7, 11) is 0. The molecule has 0 radical (unpaired) electrons. The minimum Gasteiger partial charge on any atom is -0.508 e. The van der Waals surface area contributed by atoms with Crippen molar-refractivity contribution in [2.45, 2.75) is 13.5 Å². The predicted octanol–water partition coefficient (Wildman–Crippen LogP) is 2.16. The lowest BCUT2D eigenvalue weighted by molar-refractivity contribution is 0.0749. The molecule has 0 aliphatic carbocycles. The molecule has 0 unspecified atom stereocenters. The van der Waals surface area contributed by atoms with Crippen molar-refractivity contribution in [3.05, 3.63) is 53.9 Å². The molecule has 0 aliphatic heterocycles. The van der Waals surface area contributed by atoms with Gasteiger partial charge in [0.15, 0.2) is 0 Å². The van der Waals surface area contributed by atoms with Gasteiger partial charge in [0.1, 0.15) is 11.5 Å². The molecule has 20 heavy (non-hydrogen) atoms. The van der Waals surface area contributed by atoms with E-state index in [1.54, 1.807) is 17.3 Å². The highest BCUT2D eigenvalue weighted by Gasteiger charge is 2.18. The number of rotatable bonds is 4. The third-order valence-electron chi connectivity index (χ3n) is 3.00.